The molecule has 3 aliphatic heterocycles. The van der Waals surface area contributed by atoms with Crippen molar-refractivity contribution in [3.05, 3.63) is 5.92 Å². The third-order valence-electron chi connectivity index (χ3n) is 5.85. The second-order valence-electron chi connectivity index (χ2n) is 6.51. The van der Waals surface area contributed by atoms with Gasteiger partial charge in [0, 0.05) is 6.42 Å². The van der Waals surface area contributed by atoms with Crippen LogP contribution >= 0.6 is 0 Å². The van der Waals surface area contributed by atoms with Crippen LogP contribution in [0, 0.1) is 17.8 Å². The number of ether oxygens (including phenoxy) is 1. The van der Waals surface area contributed by atoms with Crippen molar-refractivity contribution >= 4 is 11.9 Å². The summed E-state index contributed by atoms with van der Waals surface area (Å²) in [4.78, 5) is 26.2. The molecule has 102 valence electrons. The Morgan fingerprint density at radius 3 is 3.05 bits per heavy atom. The zero-order valence-corrected chi connectivity index (χ0v) is 11.2. The Morgan fingerprint density at radius 1 is 1.26 bits per heavy atom. The van der Waals surface area contributed by atoms with Crippen LogP contribution in [-0.2, 0) is 14.3 Å². The van der Waals surface area contributed by atoms with Gasteiger partial charge in [-0.1, -0.05) is 12.8 Å². The van der Waals surface area contributed by atoms with Crippen LogP contribution in [-0.4, -0.2) is 35.5 Å². The van der Waals surface area contributed by atoms with E-state index in [1.165, 1.54) is 18.8 Å². The molecular weight excluding hydrogens is 242 g/mol. The Bertz CT molecular complexity index is 435. The van der Waals surface area contributed by atoms with E-state index in [0.29, 0.717) is 31.3 Å². The van der Waals surface area contributed by atoms with Gasteiger partial charge in [0.15, 0.2) is 0 Å². The van der Waals surface area contributed by atoms with Crippen molar-refractivity contribution in [1.82, 2.24) is 4.90 Å². The lowest BCUT2D eigenvalue weighted by molar-refractivity contribution is -0.157. The molecule has 19 heavy (non-hydrogen) atoms. The van der Waals surface area contributed by atoms with E-state index < -0.39 is 0 Å². The summed E-state index contributed by atoms with van der Waals surface area (Å²) in [5.41, 5.74) is -0.0254. The molecule has 1 saturated carbocycles. The third-order valence-corrected chi connectivity index (χ3v) is 5.85. The number of nitrogens with zero attached hydrogens (tertiary/aromatic N) is 1. The maximum atomic E-state index is 12.3. The Kier molecular flexibility index (Phi) is 2.39. The van der Waals surface area contributed by atoms with Gasteiger partial charge in [-0.3, -0.25) is 9.59 Å². The summed E-state index contributed by atoms with van der Waals surface area (Å²) in [7, 11) is 0. The smallest absolute Gasteiger partial charge is 0.313 e. The van der Waals surface area contributed by atoms with E-state index in [1.54, 1.807) is 0 Å². The topological polar surface area (TPSA) is 46.6 Å². The molecule has 0 unspecified atom stereocenters. The molecule has 0 radical (unpaired) electrons. The van der Waals surface area contributed by atoms with E-state index in [1.807, 2.05) is 0 Å². The lowest BCUT2D eigenvalue weighted by Gasteiger charge is -2.51. The van der Waals surface area contributed by atoms with Gasteiger partial charge < -0.3 is 9.64 Å². The fourth-order valence-corrected chi connectivity index (χ4v) is 5.10. The molecular formula is C15H20NO3+. The van der Waals surface area contributed by atoms with Gasteiger partial charge in [-0.15, -0.1) is 0 Å². The standard InChI is InChI=1S/C15H20NO3/c17-13-7-11-3-1-2-5-15(11)12-8-14(18)19-9-10(12)4-6-16(13)15/h11-12H,1-9H2/q+1/t11-,12+,15-/m0/s1. The van der Waals surface area contributed by atoms with Crippen LogP contribution in [0.5, 0.6) is 0 Å². The van der Waals surface area contributed by atoms with Gasteiger partial charge in [0.25, 0.3) is 0 Å². The minimum atomic E-state index is -0.0753. The van der Waals surface area contributed by atoms with Crippen molar-refractivity contribution in [3.8, 4) is 0 Å². The first kappa shape index (κ1) is 11.6. The Balaban J connectivity index is 1.76. The van der Waals surface area contributed by atoms with Crippen LogP contribution in [0.15, 0.2) is 0 Å². The minimum Gasteiger partial charge on any atom is -0.423 e. The number of cyclic esters (lactones) is 1. The van der Waals surface area contributed by atoms with E-state index in [-0.39, 0.29) is 17.4 Å². The molecule has 3 atom stereocenters. The predicted molar refractivity (Wildman–Crippen MR) is 67.9 cm³/mol. The van der Waals surface area contributed by atoms with Gasteiger partial charge >= 0.3 is 5.97 Å². The van der Waals surface area contributed by atoms with Crippen LogP contribution in [0.4, 0.5) is 0 Å². The second-order valence-corrected chi connectivity index (χ2v) is 6.51. The molecule has 0 aromatic rings. The Morgan fingerprint density at radius 2 is 2.16 bits per heavy atom. The number of fused-ring (bicyclic) bond motifs is 1. The SMILES string of the molecule is O=C1C[C@@H]2[C+](CCN3C(=O)C[C@@H]4CCCC[C@]423)CO1. The first-order valence-electron chi connectivity index (χ1n) is 7.52. The lowest BCUT2D eigenvalue weighted by atomic mass is 9.59. The third kappa shape index (κ3) is 1.43. The molecule has 1 spiro atoms. The van der Waals surface area contributed by atoms with Crippen LogP contribution in [0.3, 0.4) is 0 Å². The van der Waals surface area contributed by atoms with Crippen LogP contribution in [0.1, 0.15) is 44.9 Å². The van der Waals surface area contributed by atoms with Gasteiger partial charge in [0.1, 0.15) is 18.3 Å². The minimum absolute atomic E-state index is 0.0254. The Labute approximate surface area is 113 Å². The normalized spacial score (nSPS) is 41.5. The summed E-state index contributed by atoms with van der Waals surface area (Å²) in [6.07, 6.45) is 6.80. The second kappa shape index (κ2) is 3.90. The molecule has 0 aromatic carbocycles. The number of rotatable bonds is 0. The molecule has 0 aromatic heterocycles. The van der Waals surface area contributed by atoms with Crippen LogP contribution in [0.25, 0.3) is 0 Å². The van der Waals surface area contributed by atoms with E-state index in [2.05, 4.69) is 4.90 Å². The van der Waals surface area contributed by atoms with Crippen molar-refractivity contribution in [3.63, 3.8) is 0 Å². The molecule has 4 heteroatoms. The zero-order chi connectivity index (χ0) is 13.0. The fraction of sp³-hybridized carbons (Fsp3) is 0.800. The van der Waals surface area contributed by atoms with Crippen molar-refractivity contribution in [1.29, 1.82) is 0 Å². The quantitative estimate of drug-likeness (QED) is 0.493. The highest BCUT2D eigenvalue weighted by Gasteiger charge is 2.67. The van der Waals surface area contributed by atoms with E-state index in [4.69, 9.17) is 4.74 Å². The largest absolute Gasteiger partial charge is 0.423 e. The molecule has 4 fully saturated rings. The molecule has 3 heterocycles. The van der Waals surface area contributed by atoms with E-state index in [0.717, 1.165) is 25.8 Å². The summed E-state index contributed by atoms with van der Waals surface area (Å²) in [5, 5.41) is 0. The van der Waals surface area contributed by atoms with Gasteiger partial charge in [0.05, 0.1) is 18.5 Å². The fourth-order valence-electron chi connectivity index (χ4n) is 5.10. The molecule has 0 bridgehead atoms. The number of piperidine rings is 1. The highest BCUT2D eigenvalue weighted by molar-refractivity contribution is 5.82. The van der Waals surface area contributed by atoms with Crippen molar-refractivity contribution in [2.75, 3.05) is 13.2 Å². The first-order chi connectivity index (χ1) is 9.22. The summed E-state index contributed by atoms with van der Waals surface area (Å²) in [6, 6.07) is 0. The van der Waals surface area contributed by atoms with E-state index >= 15 is 0 Å². The summed E-state index contributed by atoms with van der Waals surface area (Å²) < 4.78 is 5.22. The summed E-state index contributed by atoms with van der Waals surface area (Å²) >= 11 is 0. The van der Waals surface area contributed by atoms with Crippen LogP contribution in [0.2, 0.25) is 0 Å². The summed E-state index contributed by atoms with van der Waals surface area (Å²) in [6.45, 7) is 1.35. The van der Waals surface area contributed by atoms with Gasteiger partial charge in [-0.05, 0) is 18.8 Å². The maximum Gasteiger partial charge on any atom is 0.313 e. The number of carbonyl (C=O) groups excluding carboxylic acids is 2. The maximum absolute atomic E-state index is 12.3. The van der Waals surface area contributed by atoms with Crippen molar-refractivity contribution in [2.24, 2.45) is 11.8 Å². The van der Waals surface area contributed by atoms with Crippen molar-refractivity contribution < 1.29 is 14.3 Å². The zero-order valence-electron chi connectivity index (χ0n) is 11.2. The van der Waals surface area contributed by atoms with Crippen molar-refractivity contribution in [2.45, 2.75) is 50.5 Å². The first-order valence-corrected chi connectivity index (χ1v) is 7.52. The Hall–Kier alpha value is -1.19. The molecule has 1 amide bonds. The number of amides is 1. The van der Waals surface area contributed by atoms with Crippen LogP contribution < -0.4 is 0 Å². The summed E-state index contributed by atoms with van der Waals surface area (Å²) in [5.74, 6) is 2.38. The number of carbonyl (C=O) groups is 2. The molecule has 4 aliphatic rings. The predicted octanol–water partition coefficient (Wildman–Crippen LogP) is 1.69. The monoisotopic (exact) mass is 262 g/mol. The van der Waals surface area contributed by atoms with E-state index in [9.17, 15) is 9.59 Å². The highest BCUT2D eigenvalue weighted by atomic mass is 16.5. The lowest BCUT2D eigenvalue weighted by Crippen LogP contribution is -2.62. The molecule has 1 aliphatic carbocycles. The number of hydrogen-bond donors (Lipinski definition) is 0. The highest BCUT2D eigenvalue weighted by Crippen LogP contribution is 2.57. The molecule has 0 N–H and O–H groups in total. The average molecular weight is 262 g/mol. The number of esters is 1. The molecule has 3 saturated heterocycles. The average Bonchev–Trinajstić information content (AvgIpc) is 2.72. The van der Waals surface area contributed by atoms with Gasteiger partial charge in [0.2, 0.25) is 12.5 Å². The van der Waals surface area contributed by atoms with Gasteiger partial charge in [-0.2, -0.15) is 0 Å². The number of hydrogen-bond acceptors (Lipinski definition) is 3. The molecule has 4 rings (SSSR count). The molecule has 4 nitrogen and oxygen atoms in total. The van der Waals surface area contributed by atoms with Gasteiger partial charge in [-0.25, -0.2) is 0 Å².